The molecule has 16 heteroatoms. The minimum atomic E-state index is -3.40. The summed E-state index contributed by atoms with van der Waals surface area (Å²) in [6.45, 7) is 0. The molecule has 0 saturated heterocycles. The summed E-state index contributed by atoms with van der Waals surface area (Å²) in [5, 5.41) is 28.6. The maximum Gasteiger partial charge on any atom is 0.174 e. The summed E-state index contributed by atoms with van der Waals surface area (Å²) >= 11 is 13.9. The highest BCUT2D eigenvalue weighted by Gasteiger charge is 2.36. The fourth-order valence-electron chi connectivity index (χ4n) is 19.1. The molecule has 0 saturated carbocycles. The number of nitrogens with zero attached hydrogens (tertiary/aromatic N) is 10. The molecule has 26 aromatic rings. The second-order valence-electron chi connectivity index (χ2n) is 31.7. The van der Waals surface area contributed by atoms with Crippen molar-refractivity contribution in [2.24, 2.45) is 0 Å². The molecule has 0 bridgehead atoms. The van der Waals surface area contributed by atoms with E-state index in [0.29, 0.717) is 21.4 Å². The third kappa shape index (κ3) is 11.7. The highest BCUT2D eigenvalue weighted by molar-refractivity contribution is 8.26. The first-order valence-electron chi connectivity index (χ1n) is 41.5. The SMILES string of the molecule is O=P(c1cccnc1)(c1ccc2cncnc2c1)c1cccc2c1nc1c3ccccc3c3ccccc3n21.S=P(c1ccc2ccccc2c1)(c1ccc2c(ccc3ccccc32)c1)c1cccc2c1nc1c3ccccc3c3ccccc3n21.S=P(c1ccccc1)(c1cnc2ccccc2c1)c1cccc2c1nc1c3ccccc3c3ccccc3n21. The molecule has 9 aromatic heterocycles. The Kier molecular flexibility index (Phi) is 17.6. The zero-order chi connectivity index (χ0) is 83.1. The summed E-state index contributed by atoms with van der Waals surface area (Å²) in [7, 11) is -3.40. The number of aromatic nitrogens is 10. The van der Waals surface area contributed by atoms with Gasteiger partial charge >= 0.3 is 0 Å². The van der Waals surface area contributed by atoms with Crippen LogP contribution in [0.5, 0.6) is 0 Å². The molecule has 3 unspecified atom stereocenters. The number of fused-ring (bicyclic) bond motifs is 30. The van der Waals surface area contributed by atoms with E-state index in [2.05, 4.69) is 344 Å². The van der Waals surface area contributed by atoms with Crippen molar-refractivity contribution in [2.75, 3.05) is 0 Å². The van der Waals surface area contributed by atoms with Crippen molar-refractivity contribution in [1.29, 1.82) is 0 Å². The predicted molar refractivity (Wildman–Crippen MR) is 533 cm³/mol. The Balaban J connectivity index is 0.000000106. The second kappa shape index (κ2) is 29.6. The van der Waals surface area contributed by atoms with E-state index in [1.165, 1.54) is 70.8 Å². The van der Waals surface area contributed by atoms with Gasteiger partial charge in [0.1, 0.15) is 28.8 Å². The summed E-state index contributed by atoms with van der Waals surface area (Å²) in [5.41, 5.74) is 13.6. The highest BCUT2D eigenvalue weighted by atomic mass is 32.4. The minimum absolute atomic E-state index is 0.651. The Bertz CT molecular complexity index is 8850. The van der Waals surface area contributed by atoms with Gasteiger partial charge in [-0.15, -0.1) is 0 Å². The zero-order valence-corrected chi connectivity index (χ0v) is 71.2. The molecule has 17 aromatic carbocycles. The Morgan fingerprint density at radius 3 is 1.22 bits per heavy atom. The molecule has 588 valence electrons. The molecule has 0 aliphatic carbocycles. The van der Waals surface area contributed by atoms with Crippen molar-refractivity contribution in [3.05, 3.63) is 419 Å². The normalized spacial score (nSPS) is 13.4. The van der Waals surface area contributed by atoms with E-state index in [-0.39, 0.29) is 0 Å². The van der Waals surface area contributed by atoms with Crippen LogP contribution in [0.15, 0.2) is 419 Å². The Morgan fingerprint density at radius 1 is 0.232 bits per heavy atom. The number of hydrogen-bond acceptors (Lipinski definition) is 10. The molecule has 0 aliphatic heterocycles. The van der Waals surface area contributed by atoms with Gasteiger partial charge < -0.3 is 4.57 Å². The largest absolute Gasteiger partial charge is 0.308 e. The van der Waals surface area contributed by atoms with Gasteiger partial charge in [0.25, 0.3) is 0 Å². The monoisotopic (exact) mass is 1690 g/mol. The van der Waals surface area contributed by atoms with Crippen LogP contribution < -0.4 is 47.7 Å². The summed E-state index contributed by atoms with van der Waals surface area (Å²) < 4.78 is 22.4. The smallest absolute Gasteiger partial charge is 0.174 e. The molecule has 0 fully saturated rings. The Morgan fingerprint density at radius 2 is 0.640 bits per heavy atom. The first-order chi connectivity index (χ1) is 61.6. The van der Waals surface area contributed by atoms with Gasteiger partial charge in [-0.25, -0.2) is 24.9 Å². The summed E-state index contributed by atoms with van der Waals surface area (Å²) in [4.78, 5) is 33.9. The Labute approximate surface area is 726 Å². The average molecular weight is 1690 g/mol. The van der Waals surface area contributed by atoms with Gasteiger partial charge in [0.05, 0.1) is 55.2 Å². The fraction of sp³-hybridized carbons (Fsp3) is 0. The third-order valence-corrected chi connectivity index (χ3v) is 37.8. The van der Waals surface area contributed by atoms with Crippen LogP contribution in [0.4, 0.5) is 0 Å². The van der Waals surface area contributed by atoms with Crippen molar-refractivity contribution >= 4 is 260 Å². The molecule has 0 radical (unpaired) electrons. The lowest BCUT2D eigenvalue weighted by molar-refractivity contribution is 0.592. The number of imidazole rings is 3. The van der Waals surface area contributed by atoms with Crippen molar-refractivity contribution in [1.82, 2.24) is 48.1 Å². The second-order valence-corrected chi connectivity index (χ2v) is 43.2. The average Bonchev–Trinajstić information content (AvgIpc) is 1.57. The lowest BCUT2D eigenvalue weighted by atomic mass is 10.0. The lowest BCUT2D eigenvalue weighted by Crippen LogP contribution is -2.26. The molecule has 0 spiro atoms. The van der Waals surface area contributed by atoms with Gasteiger partial charge in [0, 0.05) is 112 Å². The lowest BCUT2D eigenvalue weighted by Gasteiger charge is -2.25. The van der Waals surface area contributed by atoms with Gasteiger partial charge in [-0.3, -0.25) is 23.2 Å². The van der Waals surface area contributed by atoms with E-state index < -0.39 is 19.2 Å². The van der Waals surface area contributed by atoms with Crippen LogP contribution in [0.3, 0.4) is 0 Å². The molecule has 0 aliphatic rings. The van der Waals surface area contributed by atoms with E-state index in [4.69, 9.17) is 43.5 Å². The van der Waals surface area contributed by atoms with Crippen LogP contribution >= 0.6 is 19.2 Å². The molecule has 11 nitrogen and oxygen atoms in total. The summed E-state index contributed by atoms with van der Waals surface area (Å²) in [6, 6.07) is 131. The highest BCUT2D eigenvalue weighted by Crippen LogP contribution is 2.50. The van der Waals surface area contributed by atoms with Gasteiger partial charge in [0.15, 0.2) is 7.14 Å². The molecular weight excluding hydrogens is 1620 g/mol. The standard InChI is InChI=1S/C43H27N2PS.C34H22N3PS.C32H20N5OP/c47-46(32-23-22-28-10-1-2-12-30(28)26-32,33-24-25-35-31(27-33)21-20-29-11-3-4-13-34(29)35)41-19-9-18-40-42(41)44-43-38-16-6-5-14-36(38)37-15-7-8-17-39(37)45(40)43;39-38(24-12-2-1-3-13-24,25-21-23-11-4-8-17-29(23)35-22-25)32-20-10-19-31-33(32)36-34-28-16-6-5-14-26(28)27-15-7-9-18-30(27)37(31)34;38-39(23-7-6-16-33-19-23,22-15-14-21-18-34-20-35-27(21)17-22)30-13-5-12-29-31(30)36-32-26-10-2-1-8-24(26)25-9-3-4-11-28(25)37(29)32/h1-27H;1-22H;1-20H. The van der Waals surface area contributed by atoms with Crippen molar-refractivity contribution in [3.8, 4) is 0 Å². The number of benzene rings is 17. The number of pyridine rings is 5. The summed E-state index contributed by atoms with van der Waals surface area (Å²) in [6.07, 6.45) is 8.66. The molecule has 125 heavy (non-hydrogen) atoms. The number of hydrogen-bond donors (Lipinski definition) is 0. The first kappa shape index (κ1) is 74.2. The first-order valence-corrected chi connectivity index (χ1v) is 48.8. The van der Waals surface area contributed by atoms with Crippen LogP contribution in [0.25, 0.3) is 169 Å². The Hall–Kier alpha value is -14.6. The quantitative estimate of drug-likeness (QED) is 0.102. The molecule has 26 rings (SSSR count). The van der Waals surface area contributed by atoms with Crippen LogP contribution in [0.1, 0.15) is 0 Å². The molecule has 0 N–H and O–H groups in total. The van der Waals surface area contributed by atoms with E-state index in [9.17, 15) is 0 Å². The molecular formula is C109H69N10OP3S2. The number of para-hydroxylation sites is 7. The van der Waals surface area contributed by atoms with Crippen molar-refractivity contribution in [2.45, 2.75) is 0 Å². The molecule has 9 heterocycles. The number of rotatable bonds is 9. The van der Waals surface area contributed by atoms with Crippen LogP contribution in [-0.4, -0.2) is 48.1 Å². The predicted octanol–water partition coefficient (Wildman–Crippen LogP) is 22.9. The van der Waals surface area contributed by atoms with Crippen LogP contribution in [0.2, 0.25) is 0 Å². The van der Waals surface area contributed by atoms with E-state index >= 15 is 4.57 Å². The topological polar surface area (TPSA) is 121 Å². The van der Waals surface area contributed by atoms with E-state index in [1.54, 1.807) is 18.6 Å². The van der Waals surface area contributed by atoms with Gasteiger partial charge in [0.2, 0.25) is 0 Å². The fourth-order valence-corrected chi connectivity index (χ4v) is 29.7. The summed E-state index contributed by atoms with van der Waals surface area (Å²) in [5.74, 6) is 0. The molecule has 0 amide bonds. The van der Waals surface area contributed by atoms with E-state index in [1.807, 2.05) is 79.0 Å². The maximum absolute atomic E-state index is 15.5. The van der Waals surface area contributed by atoms with Crippen molar-refractivity contribution in [3.63, 3.8) is 0 Å². The van der Waals surface area contributed by atoms with E-state index in [0.717, 1.165) is 131 Å². The van der Waals surface area contributed by atoms with Gasteiger partial charge in [-0.2, -0.15) is 0 Å². The van der Waals surface area contributed by atoms with Gasteiger partial charge in [-0.05, 0) is 149 Å². The zero-order valence-electron chi connectivity index (χ0n) is 66.9. The maximum atomic E-state index is 15.5. The van der Waals surface area contributed by atoms with Gasteiger partial charge in [-0.1, -0.05) is 327 Å². The van der Waals surface area contributed by atoms with Crippen LogP contribution in [-0.2, 0) is 28.2 Å². The van der Waals surface area contributed by atoms with Crippen LogP contribution in [0, 0.1) is 0 Å². The third-order valence-electron chi connectivity index (χ3n) is 24.9. The van der Waals surface area contributed by atoms with Crippen molar-refractivity contribution < 1.29 is 4.57 Å². The molecule has 3 atom stereocenters. The minimum Gasteiger partial charge on any atom is -0.308 e.